The zero-order valence-electron chi connectivity index (χ0n) is 9.84. The van der Waals surface area contributed by atoms with Gasteiger partial charge >= 0.3 is 5.97 Å². The van der Waals surface area contributed by atoms with Crippen LogP contribution < -0.4 is 0 Å². The minimum Gasteiger partial charge on any atom is -0.480 e. The smallest absolute Gasteiger partial charge is 0.326 e. The molecule has 17 heavy (non-hydrogen) atoms. The molecule has 2 fully saturated rings. The number of β-amino-alcohol motifs (C(OH)–C–C–N with tert-alkyl or cyclic N) is 1. The molecule has 96 valence electrons. The number of aliphatic hydroxyl groups is 1. The molecular weight excluding hydrogens is 222 g/mol. The average molecular weight is 241 g/mol. The van der Waals surface area contributed by atoms with Crippen molar-refractivity contribution in [3.63, 3.8) is 0 Å². The van der Waals surface area contributed by atoms with Gasteiger partial charge in [0.15, 0.2) is 0 Å². The lowest BCUT2D eigenvalue weighted by molar-refractivity contribution is -0.150. The van der Waals surface area contributed by atoms with Crippen LogP contribution in [0.3, 0.4) is 0 Å². The van der Waals surface area contributed by atoms with Crippen LogP contribution in [-0.2, 0) is 9.59 Å². The average Bonchev–Trinajstić information content (AvgIpc) is 2.72. The van der Waals surface area contributed by atoms with Crippen LogP contribution in [0.5, 0.6) is 0 Å². The quantitative estimate of drug-likeness (QED) is 0.742. The Kier molecular flexibility index (Phi) is 3.66. The van der Waals surface area contributed by atoms with Crippen LogP contribution in [0, 0.1) is 5.92 Å². The summed E-state index contributed by atoms with van der Waals surface area (Å²) < 4.78 is 0. The third kappa shape index (κ3) is 2.60. The van der Waals surface area contributed by atoms with Gasteiger partial charge < -0.3 is 15.1 Å². The van der Waals surface area contributed by atoms with Gasteiger partial charge in [-0.2, -0.15) is 0 Å². The lowest BCUT2D eigenvalue weighted by Gasteiger charge is -2.28. The number of rotatable bonds is 2. The van der Waals surface area contributed by atoms with Crippen LogP contribution in [0.4, 0.5) is 0 Å². The van der Waals surface area contributed by atoms with Crippen LogP contribution in [0.2, 0.25) is 0 Å². The molecular formula is C12H19NO4. The summed E-state index contributed by atoms with van der Waals surface area (Å²) in [5.41, 5.74) is 0. The number of hydrogen-bond acceptors (Lipinski definition) is 3. The largest absolute Gasteiger partial charge is 0.480 e. The van der Waals surface area contributed by atoms with Gasteiger partial charge in [-0.15, -0.1) is 0 Å². The number of carbonyl (C=O) groups is 2. The van der Waals surface area contributed by atoms with Crippen molar-refractivity contribution in [1.29, 1.82) is 0 Å². The first-order valence-corrected chi connectivity index (χ1v) is 6.31. The Morgan fingerprint density at radius 3 is 2.35 bits per heavy atom. The van der Waals surface area contributed by atoms with Crippen molar-refractivity contribution < 1.29 is 19.8 Å². The minimum atomic E-state index is -1.01. The molecule has 0 aromatic carbocycles. The first-order valence-electron chi connectivity index (χ1n) is 6.31. The molecule has 5 heteroatoms. The summed E-state index contributed by atoms with van der Waals surface area (Å²) in [7, 11) is 0. The van der Waals surface area contributed by atoms with Gasteiger partial charge in [0.05, 0.1) is 6.10 Å². The van der Waals surface area contributed by atoms with E-state index in [0.717, 1.165) is 32.1 Å². The lowest BCUT2D eigenvalue weighted by atomic mass is 9.88. The Hall–Kier alpha value is -1.10. The van der Waals surface area contributed by atoms with E-state index >= 15 is 0 Å². The Labute approximate surface area is 100 Å². The molecule has 1 aliphatic heterocycles. The van der Waals surface area contributed by atoms with Gasteiger partial charge in [-0.25, -0.2) is 4.79 Å². The lowest BCUT2D eigenvalue weighted by Crippen LogP contribution is -2.44. The molecule has 2 aliphatic rings. The minimum absolute atomic E-state index is 0.0316. The van der Waals surface area contributed by atoms with Crippen LogP contribution in [-0.4, -0.2) is 45.7 Å². The van der Waals surface area contributed by atoms with Crippen molar-refractivity contribution in [3.8, 4) is 0 Å². The fraction of sp³-hybridized carbons (Fsp3) is 0.833. The molecule has 1 unspecified atom stereocenters. The molecule has 0 spiro atoms. The number of carboxylic acid groups (broad SMARTS) is 1. The van der Waals surface area contributed by atoms with Crippen molar-refractivity contribution in [2.24, 2.45) is 5.92 Å². The maximum Gasteiger partial charge on any atom is 0.326 e. The molecule has 1 saturated heterocycles. The molecule has 0 aromatic heterocycles. The fourth-order valence-corrected chi connectivity index (χ4v) is 2.88. The van der Waals surface area contributed by atoms with E-state index in [1.165, 1.54) is 4.90 Å². The molecule has 0 radical (unpaired) electrons. The van der Waals surface area contributed by atoms with E-state index in [2.05, 4.69) is 0 Å². The van der Waals surface area contributed by atoms with Gasteiger partial charge in [-0.3, -0.25) is 4.79 Å². The van der Waals surface area contributed by atoms with Crippen LogP contribution in [0.15, 0.2) is 0 Å². The summed E-state index contributed by atoms with van der Waals surface area (Å²) >= 11 is 0. The van der Waals surface area contributed by atoms with Crippen molar-refractivity contribution in [2.45, 2.75) is 50.7 Å². The van der Waals surface area contributed by atoms with E-state index in [1.807, 2.05) is 0 Å². The Morgan fingerprint density at radius 1 is 1.12 bits per heavy atom. The molecule has 1 heterocycles. The van der Waals surface area contributed by atoms with E-state index in [0.29, 0.717) is 0 Å². The predicted octanol–water partition coefficient (Wildman–Crippen LogP) is 0.613. The van der Waals surface area contributed by atoms with Gasteiger partial charge in [0, 0.05) is 18.9 Å². The van der Waals surface area contributed by atoms with Crippen molar-refractivity contribution in [3.05, 3.63) is 0 Å². The number of carboxylic acids is 1. The number of aliphatic carboxylic acids is 1. The summed E-state index contributed by atoms with van der Waals surface area (Å²) in [6.45, 7) is 0.173. The zero-order chi connectivity index (χ0) is 12.4. The molecule has 1 saturated carbocycles. The van der Waals surface area contributed by atoms with Gasteiger partial charge in [0.1, 0.15) is 6.04 Å². The first kappa shape index (κ1) is 12.4. The number of likely N-dealkylation sites (tertiary alicyclic amines) is 1. The summed E-state index contributed by atoms with van der Waals surface area (Å²) in [5.74, 6) is -1.12. The Morgan fingerprint density at radius 2 is 1.76 bits per heavy atom. The molecule has 2 atom stereocenters. The highest BCUT2D eigenvalue weighted by Gasteiger charge is 2.41. The second-order valence-electron chi connectivity index (χ2n) is 5.07. The topological polar surface area (TPSA) is 77.8 Å². The zero-order valence-corrected chi connectivity index (χ0v) is 9.84. The molecule has 1 amide bonds. The predicted molar refractivity (Wildman–Crippen MR) is 60.3 cm³/mol. The van der Waals surface area contributed by atoms with E-state index in [1.54, 1.807) is 0 Å². The Balaban J connectivity index is 2.04. The normalized spacial score (nSPS) is 30.5. The molecule has 2 N–H and O–H groups in total. The summed E-state index contributed by atoms with van der Waals surface area (Å²) in [6.07, 6.45) is 4.44. The highest BCUT2D eigenvalue weighted by molar-refractivity contribution is 5.85. The van der Waals surface area contributed by atoms with Crippen molar-refractivity contribution in [1.82, 2.24) is 4.90 Å². The number of aliphatic hydroxyl groups excluding tert-OH is 1. The van der Waals surface area contributed by atoms with E-state index in [9.17, 15) is 14.7 Å². The Bertz CT molecular complexity index is 312. The second-order valence-corrected chi connectivity index (χ2v) is 5.07. The van der Waals surface area contributed by atoms with Gasteiger partial charge in [-0.1, -0.05) is 19.3 Å². The SMILES string of the molecule is O=C(O)[C@@H]1CC(O)CN1C(=O)C1CCCCC1. The fourth-order valence-electron chi connectivity index (χ4n) is 2.88. The number of nitrogens with zero attached hydrogens (tertiary/aromatic N) is 1. The molecule has 0 bridgehead atoms. The van der Waals surface area contributed by atoms with Gasteiger partial charge in [0.25, 0.3) is 0 Å². The number of amides is 1. The van der Waals surface area contributed by atoms with E-state index < -0.39 is 18.1 Å². The maximum absolute atomic E-state index is 12.2. The molecule has 5 nitrogen and oxygen atoms in total. The van der Waals surface area contributed by atoms with E-state index in [4.69, 9.17) is 5.11 Å². The molecule has 0 aromatic rings. The highest BCUT2D eigenvalue weighted by Crippen LogP contribution is 2.28. The third-order valence-corrected chi connectivity index (χ3v) is 3.80. The van der Waals surface area contributed by atoms with Crippen molar-refractivity contribution in [2.75, 3.05) is 6.54 Å². The van der Waals surface area contributed by atoms with Gasteiger partial charge in [0.2, 0.25) is 5.91 Å². The standard InChI is InChI=1S/C12H19NO4/c14-9-6-10(12(16)17)13(7-9)11(15)8-4-2-1-3-5-8/h8-10,14H,1-7H2,(H,16,17)/t9?,10-/m0/s1. The highest BCUT2D eigenvalue weighted by atomic mass is 16.4. The van der Waals surface area contributed by atoms with Gasteiger partial charge in [-0.05, 0) is 12.8 Å². The van der Waals surface area contributed by atoms with Crippen LogP contribution in [0.1, 0.15) is 38.5 Å². The molecule has 1 aliphatic carbocycles. The molecule has 2 rings (SSSR count). The second kappa shape index (κ2) is 5.04. The summed E-state index contributed by atoms with van der Waals surface area (Å²) in [4.78, 5) is 24.6. The first-order chi connectivity index (χ1) is 8.09. The summed E-state index contributed by atoms with van der Waals surface area (Å²) in [6, 6.07) is -0.834. The maximum atomic E-state index is 12.2. The third-order valence-electron chi connectivity index (χ3n) is 3.80. The number of hydrogen-bond donors (Lipinski definition) is 2. The monoisotopic (exact) mass is 241 g/mol. The van der Waals surface area contributed by atoms with Crippen LogP contribution in [0.25, 0.3) is 0 Å². The van der Waals surface area contributed by atoms with Crippen molar-refractivity contribution >= 4 is 11.9 Å². The summed E-state index contributed by atoms with van der Waals surface area (Å²) in [5, 5.41) is 18.6. The number of carbonyl (C=O) groups excluding carboxylic acids is 1. The van der Waals surface area contributed by atoms with Crippen LogP contribution >= 0.6 is 0 Å². The van der Waals surface area contributed by atoms with E-state index in [-0.39, 0.29) is 24.8 Å².